The monoisotopic (exact) mass is 261 g/mol. The van der Waals surface area contributed by atoms with Crippen molar-refractivity contribution in [2.45, 2.75) is 33.2 Å². The van der Waals surface area contributed by atoms with E-state index in [0.29, 0.717) is 6.42 Å². The number of carboxylic acids is 1. The van der Waals surface area contributed by atoms with Crippen LogP contribution in [0.5, 0.6) is 0 Å². The lowest BCUT2D eigenvalue weighted by Gasteiger charge is -2.21. The highest BCUT2D eigenvalue weighted by Gasteiger charge is 2.23. The lowest BCUT2D eigenvalue weighted by atomic mass is 10.0. The summed E-state index contributed by atoms with van der Waals surface area (Å²) in [5.41, 5.74) is 0. The van der Waals surface area contributed by atoms with Gasteiger partial charge >= 0.3 is 11.9 Å². The minimum Gasteiger partial charge on any atom is -0.480 e. The van der Waals surface area contributed by atoms with Gasteiger partial charge < -0.3 is 14.7 Å². The summed E-state index contributed by atoms with van der Waals surface area (Å²) in [4.78, 5) is 25.9. The fourth-order valence-corrected chi connectivity index (χ4v) is 1.14. The third-order valence-electron chi connectivity index (χ3n) is 1.98. The number of likely N-dealkylation sites (N-methyl/N-ethyl adjacent to an activating group) is 1. The molecule has 0 aromatic heterocycles. The van der Waals surface area contributed by atoms with Crippen LogP contribution in [-0.4, -0.2) is 41.9 Å². The molecule has 0 radical (unpaired) electrons. The number of ether oxygens (including phenoxy) is 1. The lowest BCUT2D eigenvalue weighted by Crippen LogP contribution is -2.36. The van der Waals surface area contributed by atoms with Crippen LogP contribution in [0.2, 0.25) is 0 Å². The van der Waals surface area contributed by atoms with Crippen LogP contribution in [0.25, 0.3) is 0 Å². The zero-order valence-electron chi connectivity index (χ0n) is 11.0. The molecule has 0 aliphatic rings. The van der Waals surface area contributed by atoms with Gasteiger partial charge in [-0.25, -0.2) is 4.79 Å². The third-order valence-corrected chi connectivity index (χ3v) is 1.98. The van der Waals surface area contributed by atoms with Crippen molar-refractivity contribution in [1.82, 2.24) is 5.01 Å². The van der Waals surface area contributed by atoms with Gasteiger partial charge in [-0.3, -0.25) is 9.80 Å². The van der Waals surface area contributed by atoms with E-state index in [0.717, 1.165) is 0 Å². The number of hydrogen-bond donors (Lipinski definition) is 1. The fourth-order valence-electron chi connectivity index (χ4n) is 1.14. The minimum atomic E-state index is -0.981. The van der Waals surface area contributed by atoms with Crippen LogP contribution in [0.15, 0.2) is 10.5 Å². The van der Waals surface area contributed by atoms with E-state index in [1.165, 1.54) is 19.0 Å². The molecule has 18 heavy (non-hydrogen) atoms. The highest BCUT2D eigenvalue weighted by molar-refractivity contribution is 5.73. The normalized spacial score (nSPS) is 12.5. The van der Waals surface area contributed by atoms with Crippen molar-refractivity contribution in [3.8, 4) is 0 Å². The van der Waals surface area contributed by atoms with Crippen molar-refractivity contribution in [3.05, 3.63) is 0 Å². The van der Waals surface area contributed by atoms with Gasteiger partial charge in [0.1, 0.15) is 6.04 Å². The summed E-state index contributed by atoms with van der Waals surface area (Å²) in [7, 11) is 1.49. The number of carbonyl (C=O) groups excluding carboxylic acids is 1. The Labute approximate surface area is 105 Å². The van der Waals surface area contributed by atoms with Crippen LogP contribution in [0.3, 0.4) is 0 Å². The van der Waals surface area contributed by atoms with Gasteiger partial charge in [-0.05, 0) is 17.6 Å². The second-order valence-corrected chi connectivity index (χ2v) is 4.11. The van der Waals surface area contributed by atoms with Crippen molar-refractivity contribution < 1.29 is 24.3 Å². The predicted molar refractivity (Wildman–Crippen MR) is 61.2 cm³/mol. The second kappa shape index (κ2) is 8.26. The van der Waals surface area contributed by atoms with Gasteiger partial charge in [-0.15, -0.1) is 0 Å². The standard InChI is InChI=1S/C10H19N3O5/c1-7(2)5-9(10(15)16)13(4)11-12-18-6-17-8(3)14/h7,9H,5-6H2,1-4H3,(H,15,16)/t9-/m0/s1. The van der Waals surface area contributed by atoms with Crippen molar-refractivity contribution in [1.29, 1.82) is 0 Å². The van der Waals surface area contributed by atoms with Crippen LogP contribution in [-0.2, 0) is 19.2 Å². The first-order chi connectivity index (χ1) is 8.34. The molecule has 8 nitrogen and oxygen atoms in total. The van der Waals surface area contributed by atoms with Crippen molar-refractivity contribution >= 4 is 11.9 Å². The van der Waals surface area contributed by atoms with Crippen LogP contribution < -0.4 is 0 Å². The van der Waals surface area contributed by atoms with E-state index < -0.39 is 18.0 Å². The van der Waals surface area contributed by atoms with E-state index >= 15 is 0 Å². The number of hydrogen-bond acceptors (Lipinski definition) is 6. The summed E-state index contributed by atoms with van der Waals surface area (Å²) in [6, 6.07) is -0.772. The molecule has 104 valence electrons. The summed E-state index contributed by atoms with van der Waals surface area (Å²) < 4.78 is 4.45. The van der Waals surface area contributed by atoms with Gasteiger partial charge in [-0.2, -0.15) is 0 Å². The maximum absolute atomic E-state index is 11.0. The van der Waals surface area contributed by atoms with Crippen molar-refractivity contribution in [3.63, 3.8) is 0 Å². The number of esters is 1. The largest absolute Gasteiger partial charge is 0.480 e. The molecule has 0 aromatic rings. The van der Waals surface area contributed by atoms with E-state index in [-0.39, 0.29) is 12.7 Å². The zero-order chi connectivity index (χ0) is 14.1. The van der Waals surface area contributed by atoms with Crippen LogP contribution >= 0.6 is 0 Å². The van der Waals surface area contributed by atoms with E-state index in [4.69, 9.17) is 5.11 Å². The van der Waals surface area contributed by atoms with Crippen LogP contribution in [0.1, 0.15) is 27.2 Å². The molecule has 0 saturated carbocycles. The molecule has 1 N–H and O–H groups in total. The molecular formula is C10H19N3O5. The van der Waals surface area contributed by atoms with E-state index in [1.807, 2.05) is 13.8 Å². The molecule has 0 aliphatic heterocycles. The Hall–Kier alpha value is -1.86. The van der Waals surface area contributed by atoms with Gasteiger partial charge in [-0.1, -0.05) is 13.8 Å². The Morgan fingerprint density at radius 2 is 2.00 bits per heavy atom. The molecule has 0 saturated heterocycles. The van der Waals surface area contributed by atoms with Gasteiger partial charge in [0.2, 0.25) is 0 Å². The summed E-state index contributed by atoms with van der Waals surface area (Å²) in [5, 5.41) is 17.0. The first-order valence-electron chi connectivity index (χ1n) is 5.46. The van der Waals surface area contributed by atoms with Crippen LogP contribution in [0, 0.1) is 5.92 Å². The highest BCUT2D eigenvalue weighted by atomic mass is 16.8. The Kier molecular flexibility index (Phi) is 7.41. The van der Waals surface area contributed by atoms with Gasteiger partial charge in [0.05, 0.1) is 0 Å². The number of aliphatic carboxylic acids is 1. The average Bonchev–Trinajstić information content (AvgIpc) is 2.24. The Morgan fingerprint density at radius 1 is 1.39 bits per heavy atom. The molecule has 0 amide bonds. The highest BCUT2D eigenvalue weighted by Crippen LogP contribution is 2.11. The zero-order valence-corrected chi connectivity index (χ0v) is 11.0. The smallest absolute Gasteiger partial charge is 0.328 e. The first-order valence-corrected chi connectivity index (χ1v) is 5.46. The van der Waals surface area contributed by atoms with E-state index in [1.54, 1.807) is 0 Å². The quantitative estimate of drug-likeness (QED) is 0.232. The molecule has 0 heterocycles. The topological polar surface area (TPSA) is 101 Å². The lowest BCUT2D eigenvalue weighted by molar-refractivity contribution is -0.155. The molecule has 1 atom stereocenters. The number of carboxylic acid groups (broad SMARTS) is 1. The third kappa shape index (κ3) is 7.42. The summed E-state index contributed by atoms with van der Waals surface area (Å²) in [6.07, 6.45) is 0.439. The predicted octanol–water partition coefficient (Wildman–Crippen LogP) is 1.24. The second-order valence-electron chi connectivity index (χ2n) is 4.11. The van der Waals surface area contributed by atoms with E-state index in [2.05, 4.69) is 20.1 Å². The SMILES string of the molecule is CC(=O)OCON=NN(C)[C@@H](CC(C)C)C(=O)O. The maximum Gasteiger partial charge on any atom is 0.328 e. The number of carbonyl (C=O) groups is 2. The van der Waals surface area contributed by atoms with Crippen molar-refractivity contribution in [2.24, 2.45) is 16.4 Å². The van der Waals surface area contributed by atoms with Crippen molar-refractivity contribution in [2.75, 3.05) is 13.8 Å². The molecule has 0 unspecified atom stereocenters. The van der Waals surface area contributed by atoms with Gasteiger partial charge in [0.25, 0.3) is 6.79 Å². The summed E-state index contributed by atoms with van der Waals surface area (Å²) in [5.74, 6) is -1.27. The molecule has 0 aliphatic carbocycles. The average molecular weight is 261 g/mol. The number of rotatable bonds is 8. The molecule has 0 aromatic carbocycles. The summed E-state index contributed by atoms with van der Waals surface area (Å²) in [6.45, 7) is 4.71. The Balaban J connectivity index is 4.16. The molecule has 0 rings (SSSR count). The number of nitrogens with zero attached hydrogens (tertiary/aromatic N) is 3. The van der Waals surface area contributed by atoms with E-state index in [9.17, 15) is 9.59 Å². The first kappa shape index (κ1) is 16.1. The molecule has 0 bridgehead atoms. The summed E-state index contributed by atoms with van der Waals surface area (Å²) >= 11 is 0. The molecule has 0 spiro atoms. The van der Waals surface area contributed by atoms with Gasteiger partial charge in [0, 0.05) is 19.2 Å². The molecule has 8 heteroatoms. The van der Waals surface area contributed by atoms with Gasteiger partial charge in [0.15, 0.2) is 0 Å². The molecule has 0 fully saturated rings. The minimum absolute atomic E-state index is 0.214. The fraction of sp³-hybridized carbons (Fsp3) is 0.800. The Morgan fingerprint density at radius 3 is 2.44 bits per heavy atom. The maximum atomic E-state index is 11.0. The Bertz CT molecular complexity index is 306. The van der Waals surface area contributed by atoms with Crippen LogP contribution in [0.4, 0.5) is 0 Å². The molecular weight excluding hydrogens is 242 g/mol.